The summed E-state index contributed by atoms with van der Waals surface area (Å²) in [6.07, 6.45) is 3.52. The maximum absolute atomic E-state index is 12.6. The van der Waals surface area contributed by atoms with Gasteiger partial charge < -0.3 is 10.6 Å². The first-order valence-corrected chi connectivity index (χ1v) is 8.38. The lowest BCUT2D eigenvalue weighted by Crippen LogP contribution is -2.16. The first-order valence-electron chi connectivity index (χ1n) is 8.38. The molecule has 6 nitrogen and oxygen atoms in total. The monoisotopic (exact) mass is 347 g/mol. The van der Waals surface area contributed by atoms with Crippen molar-refractivity contribution in [3.63, 3.8) is 0 Å². The average Bonchev–Trinajstić information content (AvgIpc) is 2.63. The molecule has 2 aromatic heterocycles. The van der Waals surface area contributed by atoms with Crippen LogP contribution in [0.4, 0.5) is 11.5 Å². The lowest BCUT2D eigenvalue weighted by Gasteiger charge is -2.11. The van der Waals surface area contributed by atoms with Crippen LogP contribution >= 0.6 is 0 Å². The fraction of sp³-hybridized carbons (Fsp3) is 0.200. The maximum Gasteiger partial charge on any atom is 0.274 e. The Balaban J connectivity index is 1.76. The summed E-state index contributed by atoms with van der Waals surface area (Å²) in [5, 5.41) is 6.14. The molecule has 132 valence electrons. The van der Waals surface area contributed by atoms with Gasteiger partial charge in [-0.25, -0.2) is 9.97 Å². The molecule has 0 saturated carbocycles. The molecule has 0 aliphatic heterocycles. The first-order chi connectivity index (χ1) is 12.5. The molecule has 0 atom stereocenters. The molecule has 6 heteroatoms. The molecule has 0 fully saturated rings. The topological polar surface area (TPSA) is 79.8 Å². The van der Waals surface area contributed by atoms with Gasteiger partial charge >= 0.3 is 0 Å². The number of aryl methyl sites for hydroxylation is 3. The number of hydrogen-bond acceptors (Lipinski definition) is 5. The number of benzene rings is 1. The van der Waals surface area contributed by atoms with Crippen molar-refractivity contribution in [1.82, 2.24) is 15.0 Å². The highest BCUT2D eigenvalue weighted by atomic mass is 16.1. The second kappa shape index (κ2) is 7.74. The number of rotatable bonds is 5. The molecular formula is C20H21N5O. The standard InChI is InChI=1S/C20H21N5O/c1-13-6-7-14(2)17(9-13)25-20(26)18-10-19(24-15(3)23-18)22-12-16-5-4-8-21-11-16/h4-11H,12H2,1-3H3,(H,25,26)(H,22,23,24). The highest BCUT2D eigenvalue weighted by Gasteiger charge is 2.12. The van der Waals surface area contributed by atoms with E-state index in [2.05, 4.69) is 25.6 Å². The predicted octanol–water partition coefficient (Wildman–Crippen LogP) is 3.66. The minimum Gasteiger partial charge on any atom is -0.366 e. The van der Waals surface area contributed by atoms with Gasteiger partial charge in [0.2, 0.25) is 0 Å². The van der Waals surface area contributed by atoms with Crippen molar-refractivity contribution < 1.29 is 4.79 Å². The molecule has 0 radical (unpaired) electrons. The number of amides is 1. The molecule has 26 heavy (non-hydrogen) atoms. The third-order valence-corrected chi connectivity index (χ3v) is 3.91. The third-order valence-electron chi connectivity index (χ3n) is 3.91. The Morgan fingerprint density at radius 3 is 2.69 bits per heavy atom. The Hall–Kier alpha value is -3.28. The Morgan fingerprint density at radius 1 is 1.08 bits per heavy atom. The van der Waals surface area contributed by atoms with Crippen LogP contribution in [0.3, 0.4) is 0 Å². The number of carbonyl (C=O) groups is 1. The highest BCUT2D eigenvalue weighted by Crippen LogP contribution is 2.18. The van der Waals surface area contributed by atoms with Crippen LogP contribution in [-0.2, 0) is 6.54 Å². The van der Waals surface area contributed by atoms with Gasteiger partial charge in [0.1, 0.15) is 17.3 Å². The number of anilines is 2. The number of aromatic nitrogens is 3. The van der Waals surface area contributed by atoms with Crippen molar-refractivity contribution in [2.75, 3.05) is 10.6 Å². The summed E-state index contributed by atoms with van der Waals surface area (Å²) >= 11 is 0. The number of pyridine rings is 1. The molecule has 2 heterocycles. The van der Waals surface area contributed by atoms with Crippen molar-refractivity contribution in [3.05, 3.63) is 77.0 Å². The minimum atomic E-state index is -0.256. The fourth-order valence-corrected chi connectivity index (χ4v) is 2.53. The van der Waals surface area contributed by atoms with E-state index in [0.717, 1.165) is 22.4 Å². The molecular weight excluding hydrogens is 326 g/mol. The number of hydrogen-bond donors (Lipinski definition) is 2. The quantitative estimate of drug-likeness (QED) is 0.736. The van der Waals surface area contributed by atoms with E-state index in [-0.39, 0.29) is 5.91 Å². The van der Waals surface area contributed by atoms with Crippen molar-refractivity contribution >= 4 is 17.4 Å². The maximum atomic E-state index is 12.6. The van der Waals surface area contributed by atoms with Crippen LogP contribution in [0.2, 0.25) is 0 Å². The van der Waals surface area contributed by atoms with Crippen LogP contribution in [0.5, 0.6) is 0 Å². The van der Waals surface area contributed by atoms with Gasteiger partial charge in [0, 0.05) is 30.7 Å². The molecule has 0 spiro atoms. The number of nitrogens with zero attached hydrogens (tertiary/aromatic N) is 3. The third kappa shape index (κ3) is 4.42. The van der Waals surface area contributed by atoms with Crippen LogP contribution in [0.15, 0.2) is 48.8 Å². The average molecular weight is 347 g/mol. The second-order valence-electron chi connectivity index (χ2n) is 6.17. The fourth-order valence-electron chi connectivity index (χ4n) is 2.53. The molecule has 3 rings (SSSR count). The second-order valence-corrected chi connectivity index (χ2v) is 6.17. The number of nitrogens with one attached hydrogen (secondary N) is 2. The smallest absolute Gasteiger partial charge is 0.274 e. The van der Waals surface area contributed by atoms with Gasteiger partial charge in [-0.2, -0.15) is 0 Å². The lowest BCUT2D eigenvalue weighted by molar-refractivity contribution is 0.102. The van der Waals surface area contributed by atoms with Gasteiger partial charge in [-0.1, -0.05) is 18.2 Å². The first kappa shape index (κ1) is 17.5. The van der Waals surface area contributed by atoms with Crippen LogP contribution in [0.25, 0.3) is 0 Å². The largest absolute Gasteiger partial charge is 0.366 e. The van der Waals surface area contributed by atoms with E-state index in [0.29, 0.717) is 23.9 Å². The zero-order valence-corrected chi connectivity index (χ0v) is 15.1. The van der Waals surface area contributed by atoms with Gasteiger partial charge in [-0.05, 0) is 49.6 Å². The molecule has 0 aliphatic carbocycles. The van der Waals surface area contributed by atoms with E-state index in [1.54, 1.807) is 25.4 Å². The van der Waals surface area contributed by atoms with E-state index >= 15 is 0 Å². The Morgan fingerprint density at radius 2 is 1.92 bits per heavy atom. The van der Waals surface area contributed by atoms with Crippen LogP contribution in [0.1, 0.15) is 33.0 Å². The van der Waals surface area contributed by atoms with E-state index in [1.807, 2.05) is 44.2 Å². The van der Waals surface area contributed by atoms with E-state index < -0.39 is 0 Å². The molecule has 1 aromatic carbocycles. The number of carbonyl (C=O) groups excluding carboxylic acids is 1. The van der Waals surface area contributed by atoms with Crippen LogP contribution in [-0.4, -0.2) is 20.9 Å². The van der Waals surface area contributed by atoms with Crippen LogP contribution < -0.4 is 10.6 Å². The van der Waals surface area contributed by atoms with Gasteiger partial charge in [-0.15, -0.1) is 0 Å². The zero-order valence-electron chi connectivity index (χ0n) is 15.1. The zero-order chi connectivity index (χ0) is 18.5. The normalized spacial score (nSPS) is 10.4. The molecule has 0 unspecified atom stereocenters. The van der Waals surface area contributed by atoms with Gasteiger partial charge in [0.15, 0.2) is 0 Å². The van der Waals surface area contributed by atoms with E-state index in [1.165, 1.54) is 0 Å². The minimum absolute atomic E-state index is 0.256. The lowest BCUT2D eigenvalue weighted by atomic mass is 10.1. The summed E-state index contributed by atoms with van der Waals surface area (Å²) in [6, 6.07) is 11.5. The van der Waals surface area contributed by atoms with Crippen molar-refractivity contribution in [2.24, 2.45) is 0 Å². The van der Waals surface area contributed by atoms with E-state index in [9.17, 15) is 4.79 Å². The molecule has 0 saturated heterocycles. The highest BCUT2D eigenvalue weighted by molar-refractivity contribution is 6.03. The van der Waals surface area contributed by atoms with Crippen molar-refractivity contribution in [1.29, 1.82) is 0 Å². The van der Waals surface area contributed by atoms with Gasteiger partial charge in [0.05, 0.1) is 0 Å². The van der Waals surface area contributed by atoms with Crippen molar-refractivity contribution in [2.45, 2.75) is 27.3 Å². The van der Waals surface area contributed by atoms with Gasteiger partial charge in [0.25, 0.3) is 5.91 Å². The molecule has 2 N–H and O–H groups in total. The Bertz CT molecular complexity index is 925. The molecule has 0 aliphatic rings. The predicted molar refractivity (Wildman–Crippen MR) is 102 cm³/mol. The molecule has 1 amide bonds. The summed E-state index contributed by atoms with van der Waals surface area (Å²) in [7, 11) is 0. The molecule has 3 aromatic rings. The van der Waals surface area contributed by atoms with Crippen molar-refractivity contribution in [3.8, 4) is 0 Å². The Kier molecular flexibility index (Phi) is 5.22. The van der Waals surface area contributed by atoms with E-state index in [4.69, 9.17) is 0 Å². The Labute approximate surface area is 152 Å². The summed E-state index contributed by atoms with van der Waals surface area (Å²) in [4.78, 5) is 25.3. The van der Waals surface area contributed by atoms with Crippen LogP contribution in [0, 0.1) is 20.8 Å². The summed E-state index contributed by atoms with van der Waals surface area (Å²) in [5.41, 5.74) is 4.24. The molecule has 0 bridgehead atoms. The SMILES string of the molecule is Cc1ccc(C)c(NC(=O)c2cc(NCc3cccnc3)nc(C)n2)c1. The summed E-state index contributed by atoms with van der Waals surface area (Å²) in [5.74, 6) is 0.883. The summed E-state index contributed by atoms with van der Waals surface area (Å²) in [6.45, 7) is 6.29. The van der Waals surface area contributed by atoms with Gasteiger partial charge in [-0.3, -0.25) is 9.78 Å². The summed E-state index contributed by atoms with van der Waals surface area (Å²) < 4.78 is 0.